The van der Waals surface area contributed by atoms with Crippen LogP contribution in [-0.4, -0.2) is 22.8 Å². The van der Waals surface area contributed by atoms with E-state index in [0.29, 0.717) is 15.5 Å². The van der Waals surface area contributed by atoms with Crippen molar-refractivity contribution in [2.24, 2.45) is 28.2 Å². The van der Waals surface area contributed by atoms with Gasteiger partial charge in [0, 0.05) is 30.5 Å². The fourth-order valence-corrected chi connectivity index (χ4v) is 6.11. The van der Waals surface area contributed by atoms with Crippen molar-refractivity contribution in [3.05, 3.63) is 32.3 Å². The van der Waals surface area contributed by atoms with E-state index in [-0.39, 0.29) is 11.4 Å². The summed E-state index contributed by atoms with van der Waals surface area (Å²) in [6, 6.07) is 2.70. The number of phenolic OH excluding ortho intramolecular Hbond substituents is 1. The van der Waals surface area contributed by atoms with Crippen molar-refractivity contribution in [1.82, 2.24) is 0 Å². The van der Waals surface area contributed by atoms with Gasteiger partial charge in [0.2, 0.25) is 0 Å². The Morgan fingerprint density at radius 2 is 1.96 bits per heavy atom. The lowest BCUT2D eigenvalue weighted by atomic mass is 9.61. The number of aromatic hydroxyl groups is 1. The average Bonchev–Trinajstić information content (AvgIpc) is 2.75. The highest BCUT2D eigenvalue weighted by molar-refractivity contribution is 9.10. The summed E-state index contributed by atoms with van der Waals surface area (Å²) in [5, 5.41) is 21.2. The SMILES string of the molecule is O=[N+]([O-])c1cc(Br)c(O)c(C=NCC23CCC4CC(CC(C4)C2)C3)c1. The van der Waals surface area contributed by atoms with Crippen LogP contribution in [0.4, 0.5) is 5.69 Å². The van der Waals surface area contributed by atoms with Gasteiger partial charge >= 0.3 is 0 Å². The van der Waals surface area contributed by atoms with Gasteiger partial charge in [-0.1, -0.05) is 0 Å². The second-order valence-corrected chi connectivity index (χ2v) is 9.20. The molecule has 0 aliphatic heterocycles. The number of aliphatic imine (C=N–C) groups is 1. The lowest BCUT2D eigenvalue weighted by Crippen LogP contribution is -2.36. The Balaban J connectivity index is 1.54. The molecule has 5 nitrogen and oxygen atoms in total. The van der Waals surface area contributed by atoms with E-state index in [1.165, 1.54) is 57.1 Å². The zero-order valence-electron chi connectivity index (χ0n) is 14.2. The first kappa shape index (κ1) is 17.0. The third-order valence-electron chi connectivity index (χ3n) is 6.47. The van der Waals surface area contributed by atoms with E-state index < -0.39 is 4.92 Å². The Morgan fingerprint density at radius 3 is 2.64 bits per heavy atom. The van der Waals surface area contributed by atoms with Gasteiger partial charge in [-0.3, -0.25) is 15.1 Å². The molecule has 2 atom stereocenters. The predicted octanol–water partition coefficient (Wildman–Crippen LogP) is 5.09. The van der Waals surface area contributed by atoms with Crippen molar-refractivity contribution in [2.75, 3.05) is 6.54 Å². The van der Waals surface area contributed by atoms with Gasteiger partial charge in [0.05, 0.1) is 9.40 Å². The largest absolute Gasteiger partial charge is 0.506 e. The Morgan fingerprint density at radius 1 is 1.28 bits per heavy atom. The number of fused-ring (bicyclic) bond motifs is 1. The highest BCUT2D eigenvalue weighted by Crippen LogP contribution is 2.57. The summed E-state index contributed by atoms with van der Waals surface area (Å²) in [4.78, 5) is 15.2. The Kier molecular flexibility index (Phi) is 4.34. The third-order valence-corrected chi connectivity index (χ3v) is 7.08. The predicted molar refractivity (Wildman–Crippen MR) is 100 cm³/mol. The molecule has 4 saturated carbocycles. The molecule has 0 spiro atoms. The van der Waals surface area contributed by atoms with Crippen molar-refractivity contribution < 1.29 is 10.0 Å². The van der Waals surface area contributed by atoms with Crippen molar-refractivity contribution in [3.63, 3.8) is 0 Å². The van der Waals surface area contributed by atoms with Gasteiger partial charge < -0.3 is 5.11 Å². The maximum Gasteiger partial charge on any atom is 0.271 e. The molecule has 6 heteroatoms. The summed E-state index contributed by atoms with van der Waals surface area (Å²) < 4.78 is 0.328. The second-order valence-electron chi connectivity index (χ2n) is 8.34. The summed E-state index contributed by atoms with van der Waals surface area (Å²) in [6.45, 7) is 0.770. The van der Waals surface area contributed by atoms with E-state index in [2.05, 4.69) is 20.9 Å². The lowest BCUT2D eigenvalue weighted by Gasteiger charge is -2.44. The fourth-order valence-electron chi connectivity index (χ4n) is 5.65. The standard InChI is InChI=1S/C19H23BrN2O3/c20-17-7-16(22(24)25)6-15(18(17)23)10-21-11-19-2-1-12-3-13(8-19)5-14(4-12)9-19/h6-7,10,12-14,23H,1-5,8-9,11H2. The first-order valence-electron chi connectivity index (χ1n) is 9.11. The second kappa shape index (κ2) is 6.38. The van der Waals surface area contributed by atoms with Crippen LogP contribution >= 0.6 is 15.9 Å². The zero-order valence-corrected chi connectivity index (χ0v) is 15.7. The van der Waals surface area contributed by atoms with E-state index in [9.17, 15) is 15.2 Å². The van der Waals surface area contributed by atoms with Crippen molar-refractivity contribution in [2.45, 2.75) is 44.9 Å². The van der Waals surface area contributed by atoms with Gasteiger partial charge in [0.15, 0.2) is 0 Å². The number of hydrogen-bond donors (Lipinski definition) is 1. The number of halogens is 1. The minimum Gasteiger partial charge on any atom is -0.506 e. The minimum absolute atomic E-state index is 0.0106. The van der Waals surface area contributed by atoms with E-state index in [1.807, 2.05) is 0 Å². The maximum absolute atomic E-state index is 11.0. The Labute approximate surface area is 155 Å². The molecule has 0 amide bonds. The van der Waals surface area contributed by atoms with Gasteiger partial charge in [-0.2, -0.15) is 0 Å². The first-order valence-corrected chi connectivity index (χ1v) is 9.90. The van der Waals surface area contributed by atoms with Gasteiger partial charge in [-0.15, -0.1) is 0 Å². The summed E-state index contributed by atoms with van der Waals surface area (Å²) in [6.07, 6.45) is 11.0. The molecule has 4 fully saturated rings. The summed E-state index contributed by atoms with van der Waals surface area (Å²) in [7, 11) is 0. The van der Waals surface area contributed by atoms with E-state index >= 15 is 0 Å². The number of nitro groups is 1. The number of nitrogens with zero attached hydrogens (tertiary/aromatic N) is 2. The number of rotatable bonds is 4. The third kappa shape index (κ3) is 3.33. The summed E-state index contributed by atoms with van der Waals surface area (Å²) >= 11 is 3.18. The van der Waals surface area contributed by atoms with E-state index in [4.69, 9.17) is 0 Å². The Hall–Kier alpha value is -1.43. The van der Waals surface area contributed by atoms with Crippen LogP contribution in [0.5, 0.6) is 5.75 Å². The Bertz CT molecular complexity index is 720. The highest BCUT2D eigenvalue weighted by Gasteiger charge is 2.47. The molecule has 0 aromatic heterocycles. The molecule has 0 heterocycles. The lowest BCUT2D eigenvalue weighted by molar-refractivity contribution is -0.385. The highest BCUT2D eigenvalue weighted by atomic mass is 79.9. The summed E-state index contributed by atoms with van der Waals surface area (Å²) in [5.74, 6) is 2.68. The van der Waals surface area contributed by atoms with Crippen molar-refractivity contribution >= 4 is 27.8 Å². The number of phenols is 1. The van der Waals surface area contributed by atoms with Gasteiger partial charge in [-0.25, -0.2) is 0 Å². The molecule has 2 unspecified atom stereocenters. The molecule has 0 radical (unpaired) electrons. The molecule has 25 heavy (non-hydrogen) atoms. The molecule has 134 valence electrons. The smallest absolute Gasteiger partial charge is 0.271 e. The fraction of sp³-hybridized carbons (Fsp3) is 0.632. The quantitative estimate of drug-likeness (QED) is 0.429. The van der Waals surface area contributed by atoms with Gasteiger partial charge in [0.25, 0.3) is 5.69 Å². The number of hydrogen-bond acceptors (Lipinski definition) is 4. The molecule has 5 rings (SSSR count). The van der Waals surface area contributed by atoms with Crippen LogP contribution in [0.3, 0.4) is 0 Å². The molecule has 4 aliphatic carbocycles. The van der Waals surface area contributed by atoms with Crippen LogP contribution in [0.15, 0.2) is 21.6 Å². The molecule has 1 aromatic carbocycles. The molecule has 0 saturated heterocycles. The van der Waals surface area contributed by atoms with E-state index in [1.54, 1.807) is 6.21 Å². The molecule has 1 N–H and O–H groups in total. The van der Waals surface area contributed by atoms with Gasteiger partial charge in [0.1, 0.15) is 5.75 Å². The normalized spacial score (nSPS) is 33.7. The minimum atomic E-state index is -0.454. The monoisotopic (exact) mass is 406 g/mol. The van der Waals surface area contributed by atoms with Crippen LogP contribution in [0.1, 0.15) is 50.5 Å². The number of nitro benzene ring substituents is 1. The molecule has 4 aliphatic rings. The maximum atomic E-state index is 11.0. The van der Waals surface area contributed by atoms with E-state index in [0.717, 1.165) is 24.3 Å². The summed E-state index contributed by atoms with van der Waals surface area (Å²) in [5.41, 5.74) is 0.670. The average molecular weight is 407 g/mol. The molecule has 4 bridgehead atoms. The number of benzene rings is 1. The van der Waals surface area contributed by atoms with Crippen molar-refractivity contribution in [1.29, 1.82) is 0 Å². The topological polar surface area (TPSA) is 75.7 Å². The van der Waals surface area contributed by atoms with Crippen LogP contribution in [0.2, 0.25) is 0 Å². The van der Waals surface area contributed by atoms with Crippen LogP contribution in [-0.2, 0) is 0 Å². The zero-order chi connectivity index (χ0) is 17.6. The first-order chi connectivity index (χ1) is 11.9. The van der Waals surface area contributed by atoms with Gasteiger partial charge in [-0.05, 0) is 84.0 Å². The molecular formula is C19H23BrN2O3. The van der Waals surface area contributed by atoms with Crippen LogP contribution in [0, 0.1) is 33.3 Å². The molecule has 1 aromatic rings. The number of non-ortho nitro benzene ring substituents is 1. The molecular weight excluding hydrogens is 384 g/mol. The van der Waals surface area contributed by atoms with Crippen LogP contribution < -0.4 is 0 Å². The van der Waals surface area contributed by atoms with Crippen molar-refractivity contribution in [3.8, 4) is 5.75 Å². The van der Waals surface area contributed by atoms with Crippen LogP contribution in [0.25, 0.3) is 0 Å².